The zero-order valence-corrected chi connectivity index (χ0v) is 30.3. The second kappa shape index (κ2) is 12.3. The highest BCUT2D eigenvalue weighted by Gasteiger charge is 2.23. The molecule has 3 aromatic heterocycles. The van der Waals surface area contributed by atoms with Crippen molar-refractivity contribution in [2.45, 2.75) is 0 Å². The molecule has 6 nitrogen and oxygen atoms in total. The van der Waals surface area contributed by atoms with E-state index in [1.165, 1.54) is 10.8 Å². The molecule has 0 fully saturated rings. The minimum absolute atomic E-state index is 0.479. The quantitative estimate of drug-likeness (QED) is 0.181. The van der Waals surface area contributed by atoms with Crippen LogP contribution in [0.4, 0.5) is 0 Å². The number of benzene rings is 8. The van der Waals surface area contributed by atoms with Crippen LogP contribution in [0.25, 0.3) is 93.6 Å². The van der Waals surface area contributed by atoms with Crippen LogP contribution in [0.2, 0.25) is 0 Å². The van der Waals surface area contributed by atoms with Crippen molar-refractivity contribution < 1.29 is 0 Å². The molecule has 0 saturated carbocycles. The van der Waals surface area contributed by atoms with Crippen LogP contribution in [0.15, 0.2) is 170 Å². The molecule has 0 unspecified atom stereocenters. The molecule has 0 amide bonds. The van der Waals surface area contributed by atoms with Crippen molar-refractivity contribution in [1.82, 2.24) is 13.7 Å². The summed E-state index contributed by atoms with van der Waals surface area (Å²) < 4.78 is 6.80. The van der Waals surface area contributed by atoms with Gasteiger partial charge < -0.3 is 13.7 Å². The van der Waals surface area contributed by atoms with Crippen molar-refractivity contribution in [3.05, 3.63) is 187 Å². The SMILES string of the molecule is N#Cc1ccc(-n2c3ccccc3c3cccc(-n4c5ccccc5c5ccccc54)c32)c(-c2ccc(-n3c4ccccc4c4cc(C#N)ccc43)cc2C#N)c1. The Morgan fingerprint density at radius 1 is 0.333 bits per heavy atom. The fourth-order valence-corrected chi connectivity index (χ4v) is 8.95. The number of para-hydroxylation sites is 5. The van der Waals surface area contributed by atoms with E-state index in [-0.39, 0.29) is 0 Å². The Balaban J connectivity index is 1.20. The van der Waals surface area contributed by atoms with Crippen LogP contribution < -0.4 is 0 Å². The van der Waals surface area contributed by atoms with E-state index < -0.39 is 0 Å². The van der Waals surface area contributed by atoms with Crippen LogP contribution in [-0.4, -0.2) is 13.7 Å². The maximum Gasteiger partial charge on any atom is 0.0998 e. The molecular weight excluding hydrogens is 697 g/mol. The van der Waals surface area contributed by atoms with E-state index >= 15 is 0 Å². The van der Waals surface area contributed by atoms with Gasteiger partial charge in [-0.1, -0.05) is 91.0 Å². The van der Waals surface area contributed by atoms with Crippen LogP contribution in [-0.2, 0) is 0 Å². The lowest BCUT2D eigenvalue weighted by Gasteiger charge is -2.18. The minimum atomic E-state index is 0.479. The lowest BCUT2D eigenvalue weighted by Crippen LogP contribution is -2.03. The van der Waals surface area contributed by atoms with Crippen molar-refractivity contribution in [3.8, 4) is 46.4 Å². The molecule has 8 aromatic carbocycles. The molecule has 262 valence electrons. The molecule has 0 saturated heterocycles. The molecule has 0 radical (unpaired) electrons. The number of fused-ring (bicyclic) bond motifs is 9. The summed E-state index contributed by atoms with van der Waals surface area (Å²) in [6.07, 6.45) is 0. The highest BCUT2D eigenvalue weighted by Crippen LogP contribution is 2.42. The van der Waals surface area contributed by atoms with Crippen molar-refractivity contribution in [2.24, 2.45) is 0 Å². The van der Waals surface area contributed by atoms with E-state index in [1.54, 1.807) is 0 Å². The van der Waals surface area contributed by atoms with Crippen LogP contribution in [0.3, 0.4) is 0 Å². The molecule has 3 heterocycles. The number of nitriles is 3. The summed E-state index contributed by atoms with van der Waals surface area (Å²) >= 11 is 0. The van der Waals surface area contributed by atoms with E-state index in [2.05, 4.69) is 135 Å². The van der Waals surface area contributed by atoms with Crippen LogP contribution >= 0.6 is 0 Å². The van der Waals surface area contributed by atoms with Gasteiger partial charge in [-0.3, -0.25) is 0 Å². The van der Waals surface area contributed by atoms with Crippen molar-refractivity contribution in [3.63, 3.8) is 0 Å². The van der Waals surface area contributed by atoms with Gasteiger partial charge in [0.15, 0.2) is 0 Å². The third-order valence-electron chi connectivity index (χ3n) is 11.3. The smallest absolute Gasteiger partial charge is 0.0998 e. The Hall–Kier alpha value is -8.37. The summed E-state index contributed by atoms with van der Waals surface area (Å²) in [5.74, 6) is 0. The number of hydrogen-bond acceptors (Lipinski definition) is 3. The summed E-state index contributed by atoms with van der Waals surface area (Å²) in [6.45, 7) is 0. The van der Waals surface area contributed by atoms with Crippen LogP contribution in [0, 0.1) is 34.0 Å². The van der Waals surface area contributed by atoms with Gasteiger partial charge in [0.1, 0.15) is 0 Å². The summed E-state index contributed by atoms with van der Waals surface area (Å²) in [7, 11) is 0. The third-order valence-corrected chi connectivity index (χ3v) is 11.3. The number of rotatable bonds is 4. The Morgan fingerprint density at radius 2 is 0.860 bits per heavy atom. The summed E-state index contributed by atoms with van der Waals surface area (Å²) in [5, 5.41) is 37.4. The average molecular weight is 725 g/mol. The third kappa shape index (κ3) is 4.61. The lowest BCUT2D eigenvalue weighted by atomic mass is 9.96. The predicted octanol–water partition coefficient (Wildman–Crippen LogP) is 12.3. The summed E-state index contributed by atoms with van der Waals surface area (Å²) in [5.41, 5.74) is 12.0. The first kappa shape index (κ1) is 32.1. The molecule has 0 aliphatic carbocycles. The Labute approximate surface area is 326 Å². The highest BCUT2D eigenvalue weighted by molar-refractivity contribution is 6.15. The van der Waals surface area contributed by atoms with Gasteiger partial charge >= 0.3 is 0 Å². The Kier molecular flexibility index (Phi) is 6.95. The molecule has 11 aromatic rings. The minimum Gasteiger partial charge on any atom is -0.309 e. The van der Waals surface area contributed by atoms with Crippen molar-refractivity contribution >= 4 is 65.4 Å². The van der Waals surface area contributed by atoms with Crippen molar-refractivity contribution in [2.75, 3.05) is 0 Å². The normalized spacial score (nSPS) is 11.5. The standard InChI is InChI=1S/C51H28N6/c52-29-32-21-25-49(42(26-32)36-23-22-35(28-34(36)31-54)55-44-15-5-4-13-40(44)43-27-33(30-53)20-24-48(43)55)57-47-18-8-3-12-39(47)41-14-9-19-50(51(41)57)56-45-16-6-1-10-37(45)38-11-2-7-17-46(38)56/h1-28H. The van der Waals surface area contributed by atoms with Gasteiger partial charge in [0.2, 0.25) is 0 Å². The van der Waals surface area contributed by atoms with Crippen LogP contribution in [0.5, 0.6) is 0 Å². The molecule has 11 rings (SSSR count). The topological polar surface area (TPSA) is 86.2 Å². The van der Waals surface area contributed by atoms with E-state index in [0.29, 0.717) is 16.7 Å². The van der Waals surface area contributed by atoms with Gasteiger partial charge in [-0.25, -0.2) is 0 Å². The fraction of sp³-hybridized carbons (Fsp3) is 0. The molecule has 0 N–H and O–H groups in total. The highest BCUT2D eigenvalue weighted by atomic mass is 15.1. The zero-order valence-electron chi connectivity index (χ0n) is 30.3. The Bertz CT molecular complexity index is 3580. The first-order valence-electron chi connectivity index (χ1n) is 18.7. The molecule has 0 aliphatic rings. The van der Waals surface area contributed by atoms with E-state index in [9.17, 15) is 15.8 Å². The maximum atomic E-state index is 10.9. The second-order valence-corrected chi connectivity index (χ2v) is 14.3. The molecule has 0 spiro atoms. The van der Waals surface area contributed by atoms with E-state index in [4.69, 9.17) is 0 Å². The number of hydrogen-bond donors (Lipinski definition) is 0. The number of aromatic nitrogens is 3. The Morgan fingerprint density at radius 3 is 1.51 bits per heavy atom. The van der Waals surface area contributed by atoms with E-state index in [0.717, 1.165) is 82.8 Å². The zero-order chi connectivity index (χ0) is 38.2. The molecule has 57 heavy (non-hydrogen) atoms. The predicted molar refractivity (Wildman–Crippen MR) is 229 cm³/mol. The molecule has 6 heteroatoms. The monoisotopic (exact) mass is 724 g/mol. The molecular formula is C51H28N6. The van der Waals surface area contributed by atoms with E-state index in [1.807, 2.05) is 66.7 Å². The summed E-state index contributed by atoms with van der Waals surface area (Å²) in [6, 6.07) is 64.7. The second-order valence-electron chi connectivity index (χ2n) is 14.3. The average Bonchev–Trinajstić information content (AvgIpc) is 3.91. The lowest BCUT2D eigenvalue weighted by molar-refractivity contribution is 1.13. The van der Waals surface area contributed by atoms with Crippen molar-refractivity contribution in [1.29, 1.82) is 15.8 Å². The van der Waals surface area contributed by atoms with Gasteiger partial charge in [0, 0.05) is 49.1 Å². The molecule has 0 aliphatic heterocycles. The van der Waals surface area contributed by atoms with Gasteiger partial charge in [-0.2, -0.15) is 15.8 Å². The van der Waals surface area contributed by atoms with Gasteiger partial charge in [0.25, 0.3) is 0 Å². The summed E-state index contributed by atoms with van der Waals surface area (Å²) in [4.78, 5) is 0. The van der Waals surface area contributed by atoms with Gasteiger partial charge in [0.05, 0.1) is 79.4 Å². The maximum absolute atomic E-state index is 10.9. The number of nitrogens with zero attached hydrogens (tertiary/aromatic N) is 6. The molecule has 0 bridgehead atoms. The largest absolute Gasteiger partial charge is 0.309 e. The van der Waals surface area contributed by atoms with Gasteiger partial charge in [-0.05, 0) is 78.9 Å². The first-order valence-corrected chi connectivity index (χ1v) is 18.7. The fourth-order valence-electron chi connectivity index (χ4n) is 8.95. The molecule has 0 atom stereocenters. The first-order chi connectivity index (χ1) is 28.2. The van der Waals surface area contributed by atoms with Crippen LogP contribution in [0.1, 0.15) is 16.7 Å². The van der Waals surface area contributed by atoms with Gasteiger partial charge in [-0.15, -0.1) is 0 Å².